The van der Waals surface area contributed by atoms with Crippen molar-refractivity contribution in [3.05, 3.63) is 10.4 Å². The van der Waals surface area contributed by atoms with E-state index in [1.54, 1.807) is 7.11 Å². The number of ether oxygens (including phenoxy) is 3. The van der Waals surface area contributed by atoms with Crippen molar-refractivity contribution >= 4 is 7.64 Å². The predicted octanol–water partition coefficient (Wildman–Crippen LogP) is 0.520. The normalized spacial score (nSPS) is 41.4. The Morgan fingerprint density at radius 1 is 1.56 bits per heavy atom. The second-order valence-corrected chi connectivity index (χ2v) is 4.32. The first-order chi connectivity index (χ1) is 8.69. The van der Waals surface area contributed by atoms with Crippen LogP contribution in [0.5, 0.6) is 0 Å². The van der Waals surface area contributed by atoms with Crippen LogP contribution in [-0.4, -0.2) is 57.9 Å². The maximum absolute atomic E-state index is 8.39. The number of hydrogen-bond acceptors (Lipinski definition) is 6. The van der Waals surface area contributed by atoms with E-state index in [-0.39, 0.29) is 31.5 Å². The van der Waals surface area contributed by atoms with Gasteiger partial charge in [-0.15, -0.1) is 0 Å². The van der Waals surface area contributed by atoms with Crippen molar-refractivity contribution in [1.82, 2.24) is 0 Å². The summed E-state index contributed by atoms with van der Waals surface area (Å²) >= 11 is 0. The molecule has 2 heterocycles. The van der Waals surface area contributed by atoms with Crippen molar-refractivity contribution in [2.24, 2.45) is 10.2 Å². The van der Waals surface area contributed by atoms with Gasteiger partial charge in [0, 0.05) is 0 Å². The van der Waals surface area contributed by atoms with E-state index in [0.717, 1.165) is 0 Å². The van der Waals surface area contributed by atoms with Gasteiger partial charge >= 0.3 is 105 Å². The minimum absolute atomic E-state index is 0.0917. The Bertz CT molecular complexity index is 378. The van der Waals surface area contributed by atoms with E-state index < -0.39 is 11.7 Å². The summed E-state index contributed by atoms with van der Waals surface area (Å²) in [6, 6.07) is 0. The zero-order valence-electron chi connectivity index (χ0n) is 10.2. The monoisotopic (exact) mass is 253 g/mol. The molecule has 2 fully saturated rings. The molecule has 97 valence electrons. The molecule has 0 aromatic carbocycles. The molecule has 0 aromatic rings. The number of rotatable bonds is 6. The SMILES string of the molecule is [B]=NOC[C@]12O[C@@H](C)[C@H](OC1CN=[N+]=[N-])[C@@H]2OC. The van der Waals surface area contributed by atoms with Gasteiger partial charge in [-0.25, -0.2) is 0 Å². The first kappa shape index (κ1) is 13.3. The number of hydrogen-bond donors (Lipinski definition) is 0. The van der Waals surface area contributed by atoms with Gasteiger partial charge in [-0.2, -0.15) is 0 Å². The summed E-state index contributed by atoms with van der Waals surface area (Å²) in [5, 5.41) is 6.65. The summed E-state index contributed by atoms with van der Waals surface area (Å²) in [7, 11) is 6.56. The van der Waals surface area contributed by atoms with Crippen LogP contribution in [0.25, 0.3) is 10.4 Å². The van der Waals surface area contributed by atoms with Gasteiger partial charge in [0.2, 0.25) is 0 Å². The summed E-state index contributed by atoms with van der Waals surface area (Å²) in [6.07, 6.45) is -1.07. The molecule has 2 bridgehead atoms. The summed E-state index contributed by atoms with van der Waals surface area (Å²) in [5.74, 6) is 0. The summed E-state index contributed by atoms with van der Waals surface area (Å²) in [6.45, 7) is 2.13. The zero-order valence-corrected chi connectivity index (χ0v) is 10.2. The van der Waals surface area contributed by atoms with Crippen molar-refractivity contribution < 1.29 is 19.0 Å². The summed E-state index contributed by atoms with van der Waals surface area (Å²) in [5.41, 5.74) is 7.56. The van der Waals surface area contributed by atoms with E-state index in [9.17, 15) is 0 Å². The predicted molar refractivity (Wildman–Crippen MR) is 60.9 cm³/mol. The van der Waals surface area contributed by atoms with Crippen molar-refractivity contribution in [3.8, 4) is 0 Å². The fourth-order valence-corrected chi connectivity index (χ4v) is 2.74. The molecule has 2 aliphatic rings. The van der Waals surface area contributed by atoms with Gasteiger partial charge < -0.3 is 0 Å². The molecule has 5 atom stereocenters. The number of nitrogens with zero attached hydrogens (tertiary/aromatic N) is 4. The van der Waals surface area contributed by atoms with Crippen molar-refractivity contribution in [3.63, 3.8) is 0 Å². The Morgan fingerprint density at radius 2 is 2.33 bits per heavy atom. The van der Waals surface area contributed by atoms with Gasteiger partial charge in [-0.3, -0.25) is 0 Å². The van der Waals surface area contributed by atoms with Gasteiger partial charge in [-0.1, -0.05) is 0 Å². The molecule has 8 nitrogen and oxygen atoms in total. The van der Waals surface area contributed by atoms with Gasteiger partial charge in [0.15, 0.2) is 0 Å². The molecule has 1 radical (unpaired) electrons. The van der Waals surface area contributed by atoms with E-state index in [4.69, 9.17) is 32.2 Å². The molecule has 0 N–H and O–H groups in total. The zero-order chi connectivity index (χ0) is 13.2. The number of fused-ring (bicyclic) bond motifs is 2. The van der Waals surface area contributed by atoms with Crippen molar-refractivity contribution in [1.29, 1.82) is 0 Å². The number of methoxy groups -OCH3 is 1. The van der Waals surface area contributed by atoms with Crippen LogP contribution in [0.15, 0.2) is 10.2 Å². The molecule has 0 amide bonds. The van der Waals surface area contributed by atoms with E-state index in [0.29, 0.717) is 0 Å². The quantitative estimate of drug-likeness (QED) is 0.226. The average molecular weight is 253 g/mol. The van der Waals surface area contributed by atoms with E-state index in [1.807, 2.05) is 6.92 Å². The van der Waals surface area contributed by atoms with Gasteiger partial charge in [0.05, 0.1) is 0 Å². The summed E-state index contributed by atoms with van der Waals surface area (Å²) in [4.78, 5) is 7.64. The van der Waals surface area contributed by atoms with Crippen molar-refractivity contribution in [2.75, 3.05) is 20.3 Å². The summed E-state index contributed by atoms with van der Waals surface area (Å²) < 4.78 is 17.1. The molecule has 0 aliphatic carbocycles. The molecule has 2 rings (SSSR count). The third-order valence-electron chi connectivity index (χ3n) is 3.44. The second-order valence-electron chi connectivity index (χ2n) is 4.32. The third kappa shape index (κ3) is 1.89. The van der Waals surface area contributed by atoms with E-state index >= 15 is 0 Å². The Labute approximate surface area is 105 Å². The van der Waals surface area contributed by atoms with E-state index in [1.165, 1.54) is 0 Å². The fourth-order valence-electron chi connectivity index (χ4n) is 2.74. The van der Waals surface area contributed by atoms with Crippen LogP contribution in [0.4, 0.5) is 0 Å². The first-order valence-electron chi connectivity index (χ1n) is 5.58. The molecule has 1 unspecified atom stereocenters. The third-order valence-corrected chi connectivity index (χ3v) is 3.44. The second kappa shape index (κ2) is 5.23. The molecule has 2 aliphatic heterocycles. The van der Waals surface area contributed by atoms with Crippen LogP contribution in [0, 0.1) is 0 Å². The van der Waals surface area contributed by atoms with Crippen LogP contribution in [0.1, 0.15) is 6.92 Å². The topological polar surface area (TPSA) is 98.0 Å². The van der Waals surface area contributed by atoms with Crippen LogP contribution in [-0.2, 0) is 19.0 Å². The first-order valence-corrected chi connectivity index (χ1v) is 5.58. The molecule has 0 aromatic heterocycles. The van der Waals surface area contributed by atoms with Crippen LogP contribution < -0.4 is 0 Å². The minimum atomic E-state index is -0.837. The van der Waals surface area contributed by atoms with Gasteiger partial charge in [0.25, 0.3) is 0 Å². The van der Waals surface area contributed by atoms with Gasteiger partial charge in [-0.05, 0) is 0 Å². The Morgan fingerprint density at radius 3 is 2.94 bits per heavy atom. The fraction of sp³-hybridized carbons (Fsp3) is 1.00. The Hall–Kier alpha value is -1.15. The molecule has 0 saturated carbocycles. The molecule has 9 heteroatoms. The molecule has 18 heavy (non-hydrogen) atoms. The van der Waals surface area contributed by atoms with Crippen molar-refractivity contribution in [2.45, 2.75) is 36.9 Å². The average Bonchev–Trinajstić information content (AvgIpc) is 2.81. The molecular weight excluding hydrogens is 239 g/mol. The molecule has 0 spiro atoms. The molecular formula is C9H14BN4O4. The van der Waals surface area contributed by atoms with E-state index in [2.05, 4.69) is 15.1 Å². The van der Waals surface area contributed by atoms with Crippen LogP contribution >= 0.6 is 0 Å². The van der Waals surface area contributed by atoms with Crippen LogP contribution in [0.2, 0.25) is 0 Å². The standard InChI is InChI=1S/C9H14BN4O4/c1-5-7-8(15-2)9(18-5,4-16-13-10)6(17-7)3-12-14-11/h5-8H,3-4H2,1-2H3/t5-,6?,7-,8-,9-/m0/s1. The van der Waals surface area contributed by atoms with Crippen LogP contribution in [0.3, 0.4) is 0 Å². The maximum atomic E-state index is 8.39. The number of azide groups is 1. The Kier molecular flexibility index (Phi) is 3.86. The van der Waals surface area contributed by atoms with Gasteiger partial charge in [0.1, 0.15) is 0 Å². The Balaban J connectivity index is 2.23. The molecule has 2 saturated heterocycles.